The van der Waals surface area contributed by atoms with Crippen LogP contribution in [0.2, 0.25) is 0 Å². The largest absolute Gasteiger partial charge is 0.454 e. The van der Waals surface area contributed by atoms with Gasteiger partial charge in [0, 0.05) is 12.6 Å². The van der Waals surface area contributed by atoms with Crippen LogP contribution in [0.1, 0.15) is 30.4 Å². The highest BCUT2D eigenvalue weighted by Crippen LogP contribution is 2.27. The summed E-state index contributed by atoms with van der Waals surface area (Å²) >= 11 is 0. The summed E-state index contributed by atoms with van der Waals surface area (Å²) < 4.78 is 32.5. The van der Waals surface area contributed by atoms with E-state index in [0.29, 0.717) is 12.8 Å². The summed E-state index contributed by atoms with van der Waals surface area (Å²) in [7, 11) is -3.91. The minimum absolute atomic E-state index is 0.0895. The molecule has 1 fully saturated rings. The van der Waals surface area contributed by atoms with E-state index in [1.54, 1.807) is 12.1 Å². The topological polar surface area (TPSA) is 136 Å². The molecule has 0 aromatic heterocycles. The van der Waals surface area contributed by atoms with Crippen molar-refractivity contribution in [3.05, 3.63) is 63.7 Å². The van der Waals surface area contributed by atoms with E-state index < -0.39 is 39.5 Å². The molecule has 1 N–H and O–H groups in total. The first-order valence-electron chi connectivity index (χ1n) is 10.4. The molecule has 1 aliphatic heterocycles. The van der Waals surface area contributed by atoms with Crippen molar-refractivity contribution in [3.8, 4) is 0 Å². The van der Waals surface area contributed by atoms with E-state index in [1.807, 2.05) is 6.92 Å². The van der Waals surface area contributed by atoms with E-state index in [4.69, 9.17) is 4.74 Å². The van der Waals surface area contributed by atoms with Crippen molar-refractivity contribution in [2.75, 3.05) is 18.5 Å². The number of aryl methyl sites for hydroxylation is 1. The van der Waals surface area contributed by atoms with Crippen molar-refractivity contribution in [2.24, 2.45) is 0 Å². The van der Waals surface area contributed by atoms with Crippen LogP contribution in [0.25, 0.3) is 0 Å². The molecule has 0 aliphatic carbocycles. The average molecular weight is 476 g/mol. The number of benzene rings is 2. The monoisotopic (exact) mass is 475 g/mol. The second kappa shape index (κ2) is 10.1. The first-order chi connectivity index (χ1) is 15.6. The zero-order valence-corrected chi connectivity index (χ0v) is 19.1. The van der Waals surface area contributed by atoms with Gasteiger partial charge in [0.1, 0.15) is 6.04 Å². The normalized spacial score (nSPS) is 16.7. The Balaban J connectivity index is 1.67. The fourth-order valence-corrected chi connectivity index (χ4v) is 5.30. The van der Waals surface area contributed by atoms with Gasteiger partial charge in [0.25, 0.3) is 11.6 Å². The van der Waals surface area contributed by atoms with Gasteiger partial charge in [-0.3, -0.25) is 19.7 Å². The molecule has 11 heteroatoms. The van der Waals surface area contributed by atoms with Gasteiger partial charge in [0.2, 0.25) is 10.0 Å². The third kappa shape index (κ3) is 5.55. The number of nitrogens with zero attached hydrogens (tertiary/aromatic N) is 2. The number of nitro benzene ring substituents is 1. The molecule has 1 saturated heterocycles. The summed E-state index contributed by atoms with van der Waals surface area (Å²) in [5, 5.41) is 13.5. The Morgan fingerprint density at radius 1 is 1.15 bits per heavy atom. The highest BCUT2D eigenvalue weighted by Gasteiger charge is 2.38. The minimum Gasteiger partial charge on any atom is -0.454 e. The molecule has 0 bridgehead atoms. The average Bonchev–Trinajstić information content (AvgIpc) is 2.79. The van der Waals surface area contributed by atoms with Crippen molar-refractivity contribution < 1.29 is 27.7 Å². The van der Waals surface area contributed by atoms with Gasteiger partial charge >= 0.3 is 5.97 Å². The summed E-state index contributed by atoms with van der Waals surface area (Å²) in [6.45, 7) is 2.87. The number of sulfonamides is 1. The van der Waals surface area contributed by atoms with Gasteiger partial charge in [0.15, 0.2) is 6.61 Å². The van der Waals surface area contributed by atoms with Crippen LogP contribution in [0, 0.1) is 24.0 Å². The van der Waals surface area contributed by atoms with Gasteiger partial charge in [-0.25, -0.2) is 8.42 Å². The van der Waals surface area contributed by atoms with Crippen LogP contribution >= 0.6 is 0 Å². The smallest absolute Gasteiger partial charge is 0.324 e. The van der Waals surface area contributed by atoms with E-state index in [2.05, 4.69) is 5.32 Å². The van der Waals surface area contributed by atoms with Gasteiger partial charge in [-0.1, -0.05) is 23.8 Å². The van der Waals surface area contributed by atoms with E-state index >= 15 is 0 Å². The number of hydrogen-bond donors (Lipinski definition) is 1. The van der Waals surface area contributed by atoms with Gasteiger partial charge < -0.3 is 10.1 Å². The van der Waals surface area contributed by atoms with E-state index in [1.165, 1.54) is 37.3 Å². The lowest BCUT2D eigenvalue weighted by molar-refractivity contribution is -0.385. The zero-order valence-electron chi connectivity index (χ0n) is 18.3. The number of rotatable bonds is 7. The molecule has 2 aromatic carbocycles. The summed E-state index contributed by atoms with van der Waals surface area (Å²) in [6.07, 6.45) is 1.55. The van der Waals surface area contributed by atoms with Crippen molar-refractivity contribution in [1.82, 2.24) is 4.31 Å². The standard InChI is InChI=1S/C22H25N3O7S/c1-15-9-11-17(12-10-15)33(30,31)24-13-4-3-7-20(24)22(27)32-14-21(26)23-18-6-5-8-19(16(18)2)25(28)29/h5-6,8-12,20H,3-4,7,13-14H2,1-2H3,(H,23,26). The number of carbonyl (C=O) groups is 2. The van der Waals surface area contributed by atoms with Crippen molar-refractivity contribution in [1.29, 1.82) is 0 Å². The molecule has 33 heavy (non-hydrogen) atoms. The molecule has 2 aromatic rings. The molecule has 1 heterocycles. The molecule has 0 saturated carbocycles. The molecule has 1 aliphatic rings. The van der Waals surface area contributed by atoms with E-state index in [9.17, 15) is 28.1 Å². The van der Waals surface area contributed by atoms with Crippen LogP contribution in [-0.2, 0) is 24.3 Å². The van der Waals surface area contributed by atoms with Gasteiger partial charge in [-0.15, -0.1) is 0 Å². The van der Waals surface area contributed by atoms with E-state index in [0.717, 1.165) is 9.87 Å². The Kier molecular flexibility index (Phi) is 7.44. The van der Waals surface area contributed by atoms with Crippen LogP contribution in [-0.4, -0.2) is 48.7 Å². The van der Waals surface area contributed by atoms with Crippen LogP contribution in [0.3, 0.4) is 0 Å². The molecular weight excluding hydrogens is 450 g/mol. The lowest BCUT2D eigenvalue weighted by Gasteiger charge is -2.33. The fourth-order valence-electron chi connectivity index (χ4n) is 3.65. The van der Waals surface area contributed by atoms with Gasteiger partial charge in [0.05, 0.1) is 21.1 Å². The molecule has 3 rings (SSSR count). The molecule has 1 amide bonds. The summed E-state index contributed by atoms with van der Waals surface area (Å²) in [4.78, 5) is 35.6. The Bertz CT molecular complexity index is 1160. The number of hydrogen-bond acceptors (Lipinski definition) is 7. The molecule has 0 radical (unpaired) electrons. The maximum absolute atomic E-state index is 13.1. The number of ether oxygens (including phenoxy) is 1. The number of piperidine rings is 1. The van der Waals surface area contributed by atoms with Gasteiger partial charge in [-0.2, -0.15) is 4.31 Å². The number of amides is 1. The quantitative estimate of drug-likeness (QED) is 0.369. The molecule has 0 spiro atoms. The first-order valence-corrected chi connectivity index (χ1v) is 11.8. The predicted molar refractivity (Wildman–Crippen MR) is 120 cm³/mol. The molecule has 1 atom stereocenters. The Morgan fingerprint density at radius 2 is 1.85 bits per heavy atom. The molecular formula is C22H25N3O7S. The number of anilines is 1. The van der Waals surface area contributed by atoms with Crippen molar-refractivity contribution >= 4 is 33.3 Å². The second-order valence-electron chi connectivity index (χ2n) is 7.80. The summed E-state index contributed by atoms with van der Waals surface area (Å²) in [6, 6.07) is 9.58. The maximum atomic E-state index is 13.1. The van der Waals surface area contributed by atoms with Crippen molar-refractivity contribution in [2.45, 2.75) is 44.0 Å². The number of carbonyl (C=O) groups excluding carboxylic acids is 2. The third-order valence-corrected chi connectivity index (χ3v) is 7.40. The lowest BCUT2D eigenvalue weighted by Crippen LogP contribution is -2.48. The number of nitro groups is 1. The zero-order chi connectivity index (χ0) is 24.2. The summed E-state index contributed by atoms with van der Waals surface area (Å²) in [5.41, 5.74) is 1.26. The predicted octanol–water partition coefficient (Wildman–Crippen LogP) is 2.94. The molecule has 176 valence electrons. The van der Waals surface area contributed by atoms with Crippen LogP contribution in [0.5, 0.6) is 0 Å². The fraction of sp³-hybridized carbons (Fsp3) is 0.364. The van der Waals surface area contributed by atoms with E-state index in [-0.39, 0.29) is 34.8 Å². The van der Waals surface area contributed by atoms with Crippen molar-refractivity contribution in [3.63, 3.8) is 0 Å². The highest BCUT2D eigenvalue weighted by atomic mass is 32.2. The van der Waals surface area contributed by atoms with Crippen LogP contribution < -0.4 is 5.32 Å². The van der Waals surface area contributed by atoms with Gasteiger partial charge in [-0.05, 0) is 51.3 Å². The Labute approximate surface area is 191 Å². The van der Waals surface area contributed by atoms with Crippen LogP contribution in [0.15, 0.2) is 47.4 Å². The Morgan fingerprint density at radius 3 is 2.52 bits per heavy atom. The minimum atomic E-state index is -3.91. The summed E-state index contributed by atoms with van der Waals surface area (Å²) in [5.74, 6) is -1.49. The number of esters is 1. The second-order valence-corrected chi connectivity index (χ2v) is 9.69. The lowest BCUT2D eigenvalue weighted by atomic mass is 10.1. The number of nitrogens with one attached hydrogen (secondary N) is 1. The molecule has 10 nitrogen and oxygen atoms in total. The highest BCUT2D eigenvalue weighted by molar-refractivity contribution is 7.89. The SMILES string of the molecule is Cc1ccc(S(=O)(=O)N2CCCCC2C(=O)OCC(=O)Nc2cccc([N+](=O)[O-])c2C)cc1. The maximum Gasteiger partial charge on any atom is 0.324 e. The Hall–Kier alpha value is -3.31. The first kappa shape index (κ1) is 24.3. The third-order valence-electron chi connectivity index (χ3n) is 5.47. The van der Waals surface area contributed by atoms with Crippen LogP contribution in [0.4, 0.5) is 11.4 Å². The molecule has 1 unspecified atom stereocenters.